The Morgan fingerprint density at radius 2 is 2.15 bits per heavy atom. The number of ether oxygens (including phenoxy) is 1. The minimum atomic E-state index is -0.181. The number of carbonyl (C=O) groups excluding carboxylic acids is 1. The Morgan fingerprint density at radius 3 is 2.85 bits per heavy atom. The van der Waals surface area contributed by atoms with E-state index >= 15 is 0 Å². The van der Waals surface area contributed by atoms with E-state index in [2.05, 4.69) is 20.4 Å². The van der Waals surface area contributed by atoms with E-state index in [9.17, 15) is 4.79 Å². The number of rotatable bonds is 9. The second-order valence-electron chi connectivity index (χ2n) is 7.30. The van der Waals surface area contributed by atoms with Crippen molar-refractivity contribution >= 4 is 5.91 Å². The zero-order chi connectivity index (χ0) is 17.9. The van der Waals surface area contributed by atoms with Gasteiger partial charge in [-0.2, -0.15) is 4.98 Å². The topological polar surface area (TPSA) is 90.1 Å². The first-order valence-electron chi connectivity index (χ1n) is 9.31. The van der Waals surface area contributed by atoms with Crippen molar-refractivity contribution in [1.29, 1.82) is 0 Å². The molecule has 0 spiro atoms. The molecule has 0 bridgehead atoms. The molecule has 2 fully saturated rings. The van der Waals surface area contributed by atoms with Gasteiger partial charge >= 0.3 is 0 Å². The molecule has 7 heteroatoms. The fraction of sp³-hybridized carbons (Fsp3) is 0.579. The van der Waals surface area contributed by atoms with Crippen LogP contribution in [-0.4, -0.2) is 34.2 Å². The number of amides is 1. The third kappa shape index (κ3) is 4.46. The van der Waals surface area contributed by atoms with Crippen LogP contribution in [0.3, 0.4) is 0 Å². The molecule has 26 heavy (non-hydrogen) atoms. The van der Waals surface area contributed by atoms with Crippen molar-refractivity contribution in [2.75, 3.05) is 13.2 Å². The van der Waals surface area contributed by atoms with Crippen LogP contribution < -0.4 is 5.32 Å². The average Bonchev–Trinajstić information content (AvgIpc) is 3.56. The lowest BCUT2D eigenvalue weighted by atomic mass is 10.0. The van der Waals surface area contributed by atoms with Gasteiger partial charge in [0.15, 0.2) is 5.82 Å². The van der Waals surface area contributed by atoms with E-state index < -0.39 is 0 Å². The Labute approximate surface area is 152 Å². The lowest BCUT2D eigenvalue weighted by Gasteiger charge is -2.13. The van der Waals surface area contributed by atoms with Crippen LogP contribution in [0.5, 0.6) is 0 Å². The highest BCUT2D eigenvalue weighted by atomic mass is 16.5. The lowest BCUT2D eigenvalue weighted by Crippen LogP contribution is -2.30. The van der Waals surface area contributed by atoms with E-state index in [1.54, 1.807) is 13.0 Å². The van der Waals surface area contributed by atoms with E-state index in [0.717, 1.165) is 31.1 Å². The first-order valence-corrected chi connectivity index (χ1v) is 9.31. The van der Waals surface area contributed by atoms with Crippen molar-refractivity contribution in [3.63, 3.8) is 0 Å². The van der Waals surface area contributed by atoms with Gasteiger partial charge in [0.25, 0.3) is 5.91 Å². The Morgan fingerprint density at radius 1 is 1.31 bits per heavy atom. The number of aromatic nitrogens is 3. The molecule has 2 aliphatic carbocycles. The highest BCUT2D eigenvalue weighted by Gasteiger charge is 2.35. The molecule has 2 aromatic rings. The van der Waals surface area contributed by atoms with E-state index in [1.165, 1.54) is 12.8 Å². The molecule has 4 rings (SSSR count). The third-order valence-corrected chi connectivity index (χ3v) is 4.89. The second kappa shape index (κ2) is 7.53. The number of nitrogens with one attached hydrogen (secondary N) is 1. The summed E-state index contributed by atoms with van der Waals surface area (Å²) in [5, 5.41) is 7.00. The molecule has 7 nitrogen and oxygen atoms in total. The summed E-state index contributed by atoms with van der Waals surface area (Å²) in [6.07, 6.45) is 4.80. The Balaban J connectivity index is 1.33. The Kier molecular flexibility index (Phi) is 4.97. The summed E-state index contributed by atoms with van der Waals surface area (Å²) in [4.78, 5) is 21.2. The van der Waals surface area contributed by atoms with Crippen molar-refractivity contribution in [1.82, 2.24) is 20.4 Å². The molecule has 2 saturated carbocycles. The molecule has 0 aromatic carbocycles. The van der Waals surface area contributed by atoms with Crippen LogP contribution in [0.2, 0.25) is 0 Å². The van der Waals surface area contributed by atoms with E-state index in [1.807, 2.05) is 12.1 Å². The van der Waals surface area contributed by atoms with Crippen LogP contribution in [0.1, 0.15) is 59.5 Å². The molecule has 2 aliphatic rings. The SMILES string of the molecule is Cc1nc([C@H](CNC(=O)c2cccc(COCC3CC3)n2)C2CC2)no1. The number of aryl methyl sites for hydroxylation is 1. The maximum Gasteiger partial charge on any atom is 0.269 e. The molecule has 0 unspecified atom stereocenters. The highest BCUT2D eigenvalue weighted by molar-refractivity contribution is 5.92. The monoisotopic (exact) mass is 356 g/mol. The van der Waals surface area contributed by atoms with Crippen LogP contribution >= 0.6 is 0 Å². The van der Waals surface area contributed by atoms with Crippen LogP contribution in [-0.2, 0) is 11.3 Å². The smallest absolute Gasteiger partial charge is 0.269 e. The second-order valence-corrected chi connectivity index (χ2v) is 7.30. The zero-order valence-corrected chi connectivity index (χ0v) is 15.0. The number of hydrogen-bond donors (Lipinski definition) is 1. The van der Waals surface area contributed by atoms with Crippen molar-refractivity contribution < 1.29 is 14.1 Å². The molecule has 0 aliphatic heterocycles. The van der Waals surface area contributed by atoms with Gasteiger partial charge < -0.3 is 14.6 Å². The van der Waals surface area contributed by atoms with Gasteiger partial charge in [-0.3, -0.25) is 4.79 Å². The quantitative estimate of drug-likeness (QED) is 0.743. The number of pyridine rings is 1. The molecule has 1 amide bonds. The maximum absolute atomic E-state index is 12.5. The maximum atomic E-state index is 12.5. The number of nitrogens with zero attached hydrogens (tertiary/aromatic N) is 3. The molecule has 2 aromatic heterocycles. The molecule has 1 atom stereocenters. The molecule has 0 radical (unpaired) electrons. The molecule has 0 saturated heterocycles. The molecular weight excluding hydrogens is 332 g/mol. The summed E-state index contributed by atoms with van der Waals surface area (Å²) < 4.78 is 10.7. The molecular formula is C19H24N4O3. The highest BCUT2D eigenvalue weighted by Crippen LogP contribution is 2.41. The van der Waals surface area contributed by atoms with Crippen molar-refractivity contribution in [3.8, 4) is 0 Å². The van der Waals surface area contributed by atoms with E-state index in [-0.39, 0.29) is 11.8 Å². The summed E-state index contributed by atoms with van der Waals surface area (Å²) in [6, 6.07) is 5.46. The van der Waals surface area contributed by atoms with E-state index in [0.29, 0.717) is 36.5 Å². The van der Waals surface area contributed by atoms with Gasteiger partial charge in [0.1, 0.15) is 5.69 Å². The van der Waals surface area contributed by atoms with Gasteiger partial charge in [0.05, 0.1) is 12.3 Å². The number of carbonyl (C=O) groups is 1. The molecule has 138 valence electrons. The normalized spacial score (nSPS) is 17.9. The predicted molar refractivity (Wildman–Crippen MR) is 93.5 cm³/mol. The minimum absolute atomic E-state index is 0.0986. The predicted octanol–water partition coefficient (Wildman–Crippen LogP) is 2.62. The van der Waals surface area contributed by atoms with E-state index in [4.69, 9.17) is 9.26 Å². The first-order chi connectivity index (χ1) is 12.7. The molecule has 2 heterocycles. The van der Waals surface area contributed by atoms with Crippen LogP contribution in [0.15, 0.2) is 22.7 Å². The third-order valence-electron chi connectivity index (χ3n) is 4.89. The van der Waals surface area contributed by atoms with Crippen LogP contribution in [0.25, 0.3) is 0 Å². The number of hydrogen-bond acceptors (Lipinski definition) is 6. The van der Waals surface area contributed by atoms with Gasteiger partial charge in [-0.1, -0.05) is 11.2 Å². The van der Waals surface area contributed by atoms with Crippen LogP contribution in [0.4, 0.5) is 0 Å². The largest absolute Gasteiger partial charge is 0.375 e. The summed E-state index contributed by atoms with van der Waals surface area (Å²) in [7, 11) is 0. The van der Waals surface area contributed by atoms with Crippen LogP contribution in [0, 0.1) is 18.8 Å². The molecule has 1 N–H and O–H groups in total. The fourth-order valence-corrected chi connectivity index (χ4v) is 3.03. The minimum Gasteiger partial charge on any atom is -0.375 e. The standard InChI is InChI=1S/C19H24N4O3/c1-12-21-18(23-26-12)16(14-7-8-14)9-20-19(24)17-4-2-3-15(22-17)11-25-10-13-5-6-13/h2-4,13-14,16H,5-11H2,1H3,(H,20,24)/t16-/m1/s1. The first kappa shape index (κ1) is 17.1. The Hall–Kier alpha value is -2.28. The summed E-state index contributed by atoms with van der Waals surface area (Å²) in [5.74, 6) is 2.39. The summed E-state index contributed by atoms with van der Waals surface area (Å²) in [6.45, 7) is 3.50. The zero-order valence-electron chi connectivity index (χ0n) is 15.0. The van der Waals surface area contributed by atoms with Gasteiger partial charge in [0.2, 0.25) is 5.89 Å². The van der Waals surface area contributed by atoms with Crippen molar-refractivity contribution in [2.45, 2.75) is 45.1 Å². The lowest BCUT2D eigenvalue weighted by molar-refractivity contribution is 0.0940. The van der Waals surface area contributed by atoms with Gasteiger partial charge in [0, 0.05) is 26.0 Å². The summed E-state index contributed by atoms with van der Waals surface area (Å²) >= 11 is 0. The van der Waals surface area contributed by atoms with Gasteiger partial charge in [-0.25, -0.2) is 4.98 Å². The summed E-state index contributed by atoms with van der Waals surface area (Å²) in [5.41, 5.74) is 1.20. The van der Waals surface area contributed by atoms with Gasteiger partial charge in [-0.15, -0.1) is 0 Å². The van der Waals surface area contributed by atoms with Crippen molar-refractivity contribution in [2.24, 2.45) is 11.8 Å². The fourth-order valence-electron chi connectivity index (χ4n) is 3.03. The average molecular weight is 356 g/mol. The van der Waals surface area contributed by atoms with Gasteiger partial charge in [-0.05, 0) is 49.7 Å². The Bertz CT molecular complexity index is 768. The van der Waals surface area contributed by atoms with Crippen molar-refractivity contribution in [3.05, 3.63) is 41.3 Å².